The predicted molar refractivity (Wildman–Crippen MR) is 122 cm³/mol. The van der Waals surface area contributed by atoms with Crippen molar-refractivity contribution >= 4 is 33.1 Å². The monoisotopic (exact) mass is 467 g/mol. The van der Waals surface area contributed by atoms with Crippen LogP contribution in [0.15, 0.2) is 24.3 Å². The molecule has 2 aromatic rings. The van der Waals surface area contributed by atoms with Gasteiger partial charge in [0, 0.05) is 11.4 Å². The average Bonchev–Trinajstić information content (AvgIpc) is 3.13. The van der Waals surface area contributed by atoms with Crippen LogP contribution in [0.4, 0.5) is 0 Å². The lowest BCUT2D eigenvalue weighted by Crippen LogP contribution is -2.24. The lowest BCUT2D eigenvalue weighted by Gasteiger charge is -2.16. The molecule has 0 aliphatic rings. The van der Waals surface area contributed by atoms with E-state index in [4.69, 9.17) is 4.74 Å². The Balaban J connectivity index is 2.05. The summed E-state index contributed by atoms with van der Waals surface area (Å²) >= 11 is 1.23. The molecule has 0 bridgehead atoms. The summed E-state index contributed by atoms with van der Waals surface area (Å²) in [6, 6.07) is 6.87. The first-order valence-corrected chi connectivity index (χ1v) is 12.7. The Morgan fingerprint density at radius 2 is 1.81 bits per heavy atom. The summed E-state index contributed by atoms with van der Waals surface area (Å²) in [5, 5.41) is 10.5. The number of nitrogens with one attached hydrogen (secondary N) is 1. The van der Waals surface area contributed by atoms with E-state index in [1.54, 1.807) is 18.2 Å². The third-order valence-corrected chi connectivity index (χ3v) is 6.59. The number of ether oxygens (including phenoxy) is 1. The Kier molecular flexibility index (Phi) is 8.39. The summed E-state index contributed by atoms with van der Waals surface area (Å²) in [6.07, 6.45) is 1.54. The molecule has 0 spiro atoms. The fraction of sp³-hybridized carbons (Fsp3) is 0.455. The fourth-order valence-corrected chi connectivity index (χ4v) is 4.32. The zero-order valence-electron chi connectivity index (χ0n) is 18.4. The number of hydrogen-bond donors (Lipinski definition) is 2. The molecule has 0 saturated carbocycles. The van der Waals surface area contributed by atoms with E-state index in [1.165, 1.54) is 11.3 Å². The number of aromatic hydroxyl groups is 1. The van der Waals surface area contributed by atoms with Crippen molar-refractivity contribution in [3.05, 3.63) is 50.7 Å². The molecule has 0 radical (unpaired) electrons. The Labute approximate surface area is 187 Å². The number of sulfonamides is 1. The molecule has 0 fully saturated rings. The number of thiophene rings is 1. The minimum absolute atomic E-state index is 0.0219. The minimum Gasteiger partial charge on any atom is -0.507 e. The lowest BCUT2D eigenvalue weighted by molar-refractivity contribution is 0.0472. The van der Waals surface area contributed by atoms with Gasteiger partial charge in [0.2, 0.25) is 15.8 Å². The minimum atomic E-state index is -3.26. The largest absolute Gasteiger partial charge is 0.507 e. The first-order chi connectivity index (χ1) is 14.4. The highest BCUT2D eigenvalue weighted by Gasteiger charge is 2.21. The number of benzene rings is 1. The number of hydrogen-bond acceptors (Lipinski definition) is 7. The van der Waals surface area contributed by atoms with Gasteiger partial charge in [0.1, 0.15) is 11.3 Å². The van der Waals surface area contributed by atoms with Crippen molar-refractivity contribution in [2.45, 2.75) is 46.0 Å². The Morgan fingerprint density at radius 1 is 1.13 bits per heavy atom. The van der Waals surface area contributed by atoms with Crippen molar-refractivity contribution in [2.75, 3.05) is 19.4 Å². The van der Waals surface area contributed by atoms with E-state index in [-0.39, 0.29) is 35.5 Å². The summed E-state index contributed by atoms with van der Waals surface area (Å²) in [4.78, 5) is 26.3. The van der Waals surface area contributed by atoms with Gasteiger partial charge in [-0.1, -0.05) is 33.8 Å². The van der Waals surface area contributed by atoms with Gasteiger partial charge in [-0.2, -0.15) is 0 Å². The van der Waals surface area contributed by atoms with Crippen LogP contribution in [0.25, 0.3) is 0 Å². The molecule has 7 nitrogen and oxygen atoms in total. The lowest BCUT2D eigenvalue weighted by atomic mass is 9.92. The highest BCUT2D eigenvalue weighted by Crippen LogP contribution is 2.33. The Morgan fingerprint density at radius 3 is 2.39 bits per heavy atom. The molecule has 0 amide bonds. The molecule has 0 unspecified atom stereocenters. The van der Waals surface area contributed by atoms with Crippen molar-refractivity contribution < 1.29 is 27.9 Å². The molecule has 2 N–H and O–H groups in total. The molecule has 2 rings (SSSR count). The SMILES string of the molecule is CC(C)c1cc(C(=O)OCC(=O)c2ccc(CCNS(C)(=O)=O)s2)c(O)c(C(C)C)c1. The molecule has 0 aliphatic carbocycles. The molecule has 170 valence electrons. The van der Waals surface area contributed by atoms with Gasteiger partial charge in [-0.15, -0.1) is 11.3 Å². The number of carbonyl (C=O) groups is 2. The van der Waals surface area contributed by atoms with Crippen LogP contribution in [-0.2, 0) is 21.2 Å². The third kappa shape index (κ3) is 7.15. The molecule has 31 heavy (non-hydrogen) atoms. The van der Waals surface area contributed by atoms with Crippen LogP contribution < -0.4 is 4.72 Å². The van der Waals surface area contributed by atoms with Crippen LogP contribution >= 0.6 is 11.3 Å². The molecule has 9 heteroatoms. The zero-order chi connectivity index (χ0) is 23.3. The average molecular weight is 468 g/mol. The number of esters is 1. The van der Waals surface area contributed by atoms with E-state index in [0.717, 1.165) is 16.7 Å². The molecule has 1 aromatic heterocycles. The smallest absolute Gasteiger partial charge is 0.342 e. The van der Waals surface area contributed by atoms with Gasteiger partial charge in [0.25, 0.3) is 0 Å². The second-order valence-corrected chi connectivity index (χ2v) is 11.0. The molecule has 0 aliphatic heterocycles. The maximum Gasteiger partial charge on any atom is 0.342 e. The molecular formula is C22H29NO6S2. The van der Waals surface area contributed by atoms with Crippen molar-refractivity contribution in [3.63, 3.8) is 0 Å². The molecule has 1 aromatic carbocycles. The number of phenolic OH excluding ortho intramolecular Hbond substituents is 1. The quantitative estimate of drug-likeness (QED) is 0.406. The number of phenols is 1. The van der Waals surface area contributed by atoms with Crippen LogP contribution in [0.5, 0.6) is 5.75 Å². The topological polar surface area (TPSA) is 110 Å². The van der Waals surface area contributed by atoms with Crippen LogP contribution in [-0.4, -0.2) is 44.7 Å². The van der Waals surface area contributed by atoms with Gasteiger partial charge in [-0.25, -0.2) is 17.9 Å². The van der Waals surface area contributed by atoms with Crippen LogP contribution in [0, 0.1) is 0 Å². The van der Waals surface area contributed by atoms with Crippen LogP contribution in [0.3, 0.4) is 0 Å². The van der Waals surface area contributed by atoms with E-state index < -0.39 is 22.6 Å². The first-order valence-electron chi connectivity index (χ1n) is 9.99. The number of Topliss-reactive ketones (excluding diaryl/α,β-unsaturated/α-hetero) is 1. The van der Waals surface area contributed by atoms with Gasteiger partial charge < -0.3 is 9.84 Å². The second-order valence-electron chi connectivity index (χ2n) is 8.00. The number of carbonyl (C=O) groups excluding carboxylic acids is 2. The molecule has 0 saturated heterocycles. The first kappa shape index (κ1) is 25.0. The number of ketones is 1. The Hall–Kier alpha value is -2.23. The normalized spacial score (nSPS) is 11.8. The van der Waals surface area contributed by atoms with E-state index in [0.29, 0.717) is 16.9 Å². The number of rotatable bonds is 10. The van der Waals surface area contributed by atoms with Gasteiger partial charge in [0.15, 0.2) is 6.61 Å². The summed E-state index contributed by atoms with van der Waals surface area (Å²) in [6.45, 7) is 7.65. The highest BCUT2D eigenvalue weighted by atomic mass is 32.2. The van der Waals surface area contributed by atoms with Gasteiger partial charge in [-0.05, 0) is 47.6 Å². The van der Waals surface area contributed by atoms with E-state index in [2.05, 4.69) is 4.72 Å². The molecule has 0 atom stereocenters. The van der Waals surface area contributed by atoms with E-state index in [1.807, 2.05) is 33.8 Å². The van der Waals surface area contributed by atoms with E-state index in [9.17, 15) is 23.1 Å². The maximum atomic E-state index is 12.6. The van der Waals surface area contributed by atoms with E-state index >= 15 is 0 Å². The van der Waals surface area contributed by atoms with Gasteiger partial charge >= 0.3 is 5.97 Å². The van der Waals surface area contributed by atoms with Gasteiger partial charge in [-0.3, -0.25) is 4.79 Å². The standard InChI is InChI=1S/C22H29NO6S2/c1-13(2)15-10-17(14(3)4)21(25)18(11-15)22(26)29-12-19(24)20-7-6-16(30-20)8-9-23-31(5,27)28/h6-7,10-11,13-14,23,25H,8-9,12H2,1-5H3. The highest BCUT2D eigenvalue weighted by molar-refractivity contribution is 7.88. The van der Waals surface area contributed by atoms with Crippen molar-refractivity contribution in [1.82, 2.24) is 4.72 Å². The summed E-state index contributed by atoms with van der Waals surface area (Å²) in [7, 11) is -3.26. The van der Waals surface area contributed by atoms with Gasteiger partial charge in [0.05, 0.1) is 11.1 Å². The van der Waals surface area contributed by atoms with Crippen LogP contribution in [0.2, 0.25) is 0 Å². The molecular weight excluding hydrogens is 438 g/mol. The van der Waals surface area contributed by atoms with Crippen molar-refractivity contribution in [1.29, 1.82) is 0 Å². The summed E-state index contributed by atoms with van der Waals surface area (Å²) < 4.78 is 29.8. The summed E-state index contributed by atoms with van der Waals surface area (Å²) in [5.74, 6) is -1.04. The Bertz CT molecular complexity index is 1050. The molecule has 1 heterocycles. The fourth-order valence-electron chi connectivity index (χ4n) is 2.91. The predicted octanol–water partition coefficient (Wildman–Crippen LogP) is 3.83. The third-order valence-electron chi connectivity index (χ3n) is 4.68. The van der Waals surface area contributed by atoms with Crippen LogP contribution in [0.1, 0.15) is 75.6 Å². The summed E-state index contributed by atoms with van der Waals surface area (Å²) in [5.41, 5.74) is 1.63. The van der Waals surface area contributed by atoms with Crippen molar-refractivity contribution in [3.8, 4) is 5.75 Å². The maximum absolute atomic E-state index is 12.6. The zero-order valence-corrected chi connectivity index (χ0v) is 20.0. The van der Waals surface area contributed by atoms with Crippen molar-refractivity contribution in [2.24, 2.45) is 0 Å². The second kappa shape index (κ2) is 10.4.